The summed E-state index contributed by atoms with van der Waals surface area (Å²) in [7, 11) is 1.38. The number of benzene rings is 1. The second kappa shape index (κ2) is 10.4. The number of fused-ring (bicyclic) bond motifs is 1. The molecule has 1 aromatic rings. The Morgan fingerprint density at radius 2 is 2.13 bits per heavy atom. The molecule has 1 aliphatic heterocycles. The average Bonchev–Trinajstić information content (AvgIpc) is 2.70. The van der Waals surface area contributed by atoms with Crippen LogP contribution in [-0.4, -0.2) is 71.3 Å². The fraction of sp³-hybridized carbons (Fsp3) is 0.444. The van der Waals surface area contributed by atoms with E-state index in [0.717, 1.165) is 11.8 Å². The number of carbonyl (C=O) groups is 4. The number of aromatic hydroxyl groups is 1. The van der Waals surface area contributed by atoms with Crippen LogP contribution in [0.15, 0.2) is 6.07 Å². The Hall–Kier alpha value is -2.60. The molecule has 1 aliphatic rings. The predicted octanol–water partition coefficient (Wildman–Crippen LogP) is 0.0968. The number of phenols is 1. The first-order valence-electron chi connectivity index (χ1n) is 8.77. The minimum atomic E-state index is -1.32. The van der Waals surface area contributed by atoms with Gasteiger partial charge in [0.05, 0.1) is 18.4 Å². The van der Waals surface area contributed by atoms with E-state index >= 15 is 0 Å². The summed E-state index contributed by atoms with van der Waals surface area (Å²) in [4.78, 5) is 48.5. The van der Waals surface area contributed by atoms with Crippen LogP contribution in [-0.2, 0) is 24.9 Å². The van der Waals surface area contributed by atoms with E-state index < -0.39 is 42.4 Å². The van der Waals surface area contributed by atoms with Crippen molar-refractivity contribution >= 4 is 48.1 Å². The summed E-state index contributed by atoms with van der Waals surface area (Å²) in [5.41, 5.74) is 0.741. The number of methoxy groups -OCH3 is 1. The lowest BCUT2D eigenvalue weighted by atomic mass is 10.0. The third kappa shape index (κ3) is 5.51. The second-order valence-electron chi connectivity index (χ2n) is 6.37. The van der Waals surface area contributed by atoms with Crippen LogP contribution >= 0.6 is 24.4 Å². The highest BCUT2D eigenvalue weighted by atomic mass is 32.2. The van der Waals surface area contributed by atoms with E-state index in [1.54, 1.807) is 6.92 Å². The number of amides is 2. The molecule has 0 aliphatic carbocycles. The van der Waals surface area contributed by atoms with Crippen molar-refractivity contribution < 1.29 is 38.9 Å². The lowest BCUT2D eigenvalue weighted by Crippen LogP contribution is -2.54. The summed E-state index contributed by atoms with van der Waals surface area (Å²) in [5, 5.41) is 24.5. The van der Waals surface area contributed by atoms with Crippen molar-refractivity contribution in [1.82, 2.24) is 10.6 Å². The van der Waals surface area contributed by atoms with E-state index in [0.29, 0.717) is 5.56 Å². The molecule has 0 aromatic heterocycles. The summed E-state index contributed by atoms with van der Waals surface area (Å²) in [6, 6.07) is -1.21. The van der Waals surface area contributed by atoms with Gasteiger partial charge < -0.3 is 30.3 Å². The maximum Gasteiger partial charge on any atom is 0.339 e. The van der Waals surface area contributed by atoms with E-state index in [4.69, 9.17) is 9.47 Å². The number of thioether (sulfide) groups is 1. The van der Waals surface area contributed by atoms with Gasteiger partial charge in [0.15, 0.2) is 0 Å². The van der Waals surface area contributed by atoms with Gasteiger partial charge in [0, 0.05) is 28.7 Å². The van der Waals surface area contributed by atoms with Crippen molar-refractivity contribution in [3.8, 4) is 11.5 Å². The van der Waals surface area contributed by atoms with Gasteiger partial charge in [-0.25, -0.2) is 9.59 Å². The maximum atomic E-state index is 12.8. The molecule has 30 heavy (non-hydrogen) atoms. The topological polar surface area (TPSA) is 151 Å². The van der Waals surface area contributed by atoms with Gasteiger partial charge in [0.25, 0.3) is 0 Å². The minimum Gasteiger partial charge on any atom is -0.507 e. The normalized spacial score (nSPS) is 20.0. The van der Waals surface area contributed by atoms with Gasteiger partial charge >= 0.3 is 11.9 Å². The highest BCUT2D eigenvalue weighted by Gasteiger charge is 2.30. The Balaban J connectivity index is 2.47. The van der Waals surface area contributed by atoms with Crippen LogP contribution in [0.2, 0.25) is 0 Å². The van der Waals surface area contributed by atoms with Gasteiger partial charge in [-0.1, -0.05) is 0 Å². The van der Waals surface area contributed by atoms with Gasteiger partial charge in [0.1, 0.15) is 30.2 Å². The fourth-order valence-corrected chi connectivity index (χ4v) is 3.98. The molecule has 2 atom stereocenters. The first kappa shape index (κ1) is 23.7. The Morgan fingerprint density at radius 1 is 1.43 bits per heavy atom. The van der Waals surface area contributed by atoms with Gasteiger partial charge in [-0.2, -0.15) is 24.4 Å². The highest BCUT2D eigenvalue weighted by molar-refractivity contribution is 7.98. The first-order chi connectivity index (χ1) is 14.2. The number of thiol groups is 1. The zero-order chi connectivity index (χ0) is 22.4. The third-order valence-electron chi connectivity index (χ3n) is 4.37. The zero-order valence-electron chi connectivity index (χ0n) is 16.3. The molecule has 12 heteroatoms. The number of esters is 1. The highest BCUT2D eigenvalue weighted by Crippen LogP contribution is 2.35. The molecule has 4 N–H and O–H groups in total. The third-order valence-corrected chi connectivity index (χ3v) is 5.72. The second-order valence-corrected chi connectivity index (χ2v) is 7.71. The largest absolute Gasteiger partial charge is 0.507 e. The Morgan fingerprint density at radius 3 is 2.73 bits per heavy atom. The number of nitrogens with one attached hydrogen (secondary N) is 2. The van der Waals surface area contributed by atoms with E-state index in [9.17, 15) is 29.4 Å². The predicted molar refractivity (Wildman–Crippen MR) is 111 cm³/mol. The van der Waals surface area contributed by atoms with E-state index in [1.165, 1.54) is 13.2 Å². The number of phenolic OH excluding ortho intramolecular Hbond substituents is 1. The molecular formula is C18H22N2O8S2. The summed E-state index contributed by atoms with van der Waals surface area (Å²) in [5.74, 6) is -3.58. The molecule has 2 unspecified atom stereocenters. The number of carboxylic acids is 1. The maximum absolute atomic E-state index is 12.8. The number of hydrogen-bond donors (Lipinski definition) is 5. The minimum absolute atomic E-state index is 0.0344. The molecule has 0 fully saturated rings. The smallest absolute Gasteiger partial charge is 0.339 e. The quantitative estimate of drug-likeness (QED) is 0.312. The molecule has 1 aromatic carbocycles. The summed E-state index contributed by atoms with van der Waals surface area (Å²) in [6.07, 6.45) is 0. The Kier molecular flexibility index (Phi) is 8.24. The molecule has 0 saturated carbocycles. The lowest BCUT2D eigenvalue weighted by molar-refractivity contribution is -0.141. The molecule has 2 amide bonds. The van der Waals surface area contributed by atoms with Crippen LogP contribution in [0, 0.1) is 6.92 Å². The average molecular weight is 459 g/mol. The number of carboxylic acid groups (broad SMARTS) is 1. The standard InChI is InChI=1S/C18H22N2O8S2/c1-8-13(27-2)3-12(21)9-6-30-7-11(17(24)25)20-16(23)10(19-14(22)5-29)4-28-18(26)15(8)9/h3,10-11,21,29H,4-7H2,1-2H3,(H,19,22)(H,20,23)(H,24,25). The lowest BCUT2D eigenvalue weighted by Gasteiger charge is -2.23. The van der Waals surface area contributed by atoms with Gasteiger partial charge in [-0.15, -0.1) is 0 Å². The van der Waals surface area contributed by atoms with Crippen molar-refractivity contribution in [2.24, 2.45) is 0 Å². The first-order valence-corrected chi connectivity index (χ1v) is 10.6. The van der Waals surface area contributed by atoms with Gasteiger partial charge in [-0.3, -0.25) is 9.59 Å². The molecular weight excluding hydrogens is 436 g/mol. The van der Waals surface area contributed by atoms with Crippen molar-refractivity contribution in [3.63, 3.8) is 0 Å². The van der Waals surface area contributed by atoms with Crippen LogP contribution in [0.4, 0.5) is 0 Å². The van der Waals surface area contributed by atoms with Crippen molar-refractivity contribution in [2.75, 3.05) is 25.2 Å². The molecule has 0 bridgehead atoms. The zero-order valence-corrected chi connectivity index (χ0v) is 18.0. The summed E-state index contributed by atoms with van der Waals surface area (Å²) < 4.78 is 10.4. The molecule has 0 spiro atoms. The summed E-state index contributed by atoms with van der Waals surface area (Å²) >= 11 is 4.93. The molecule has 0 radical (unpaired) electrons. The van der Waals surface area contributed by atoms with E-state index in [1.807, 2.05) is 0 Å². The molecule has 164 valence electrons. The van der Waals surface area contributed by atoms with Crippen LogP contribution in [0.5, 0.6) is 11.5 Å². The molecule has 1 heterocycles. The number of cyclic esters (lactones) is 1. The van der Waals surface area contributed by atoms with Crippen LogP contribution in [0.3, 0.4) is 0 Å². The molecule has 0 saturated heterocycles. The van der Waals surface area contributed by atoms with Crippen molar-refractivity contribution in [2.45, 2.75) is 24.8 Å². The van der Waals surface area contributed by atoms with E-state index in [-0.39, 0.29) is 39.9 Å². The number of ether oxygens (including phenoxy) is 2. The van der Waals surface area contributed by atoms with Crippen LogP contribution < -0.4 is 15.4 Å². The number of hydrogen-bond acceptors (Lipinski definition) is 9. The van der Waals surface area contributed by atoms with Crippen LogP contribution in [0.1, 0.15) is 21.5 Å². The fourth-order valence-electron chi connectivity index (χ4n) is 2.81. The Labute approximate surface area is 182 Å². The van der Waals surface area contributed by atoms with E-state index in [2.05, 4.69) is 23.3 Å². The van der Waals surface area contributed by atoms with Crippen LogP contribution in [0.25, 0.3) is 0 Å². The Bertz CT molecular complexity index is 861. The van der Waals surface area contributed by atoms with Gasteiger partial charge in [0.2, 0.25) is 11.8 Å². The SMILES string of the molecule is COc1cc(O)c2c(c1C)C(=O)OCC(NC(=O)CS)C(=O)NC(C(=O)O)CSC2. The number of rotatable bonds is 4. The van der Waals surface area contributed by atoms with Gasteiger partial charge in [-0.05, 0) is 6.92 Å². The molecule has 10 nitrogen and oxygen atoms in total. The summed E-state index contributed by atoms with van der Waals surface area (Å²) in [6.45, 7) is 1.07. The van der Waals surface area contributed by atoms with Crippen molar-refractivity contribution in [1.29, 1.82) is 0 Å². The number of aliphatic carboxylic acids is 1. The number of carbonyl (C=O) groups excluding carboxylic acids is 3. The molecule has 2 rings (SSSR count). The van der Waals surface area contributed by atoms with Crippen molar-refractivity contribution in [3.05, 3.63) is 22.8 Å². The monoisotopic (exact) mass is 458 g/mol.